The van der Waals surface area contributed by atoms with Crippen LogP contribution < -0.4 is 0 Å². The molecule has 9 heteroatoms. The van der Waals surface area contributed by atoms with Crippen LogP contribution in [0.3, 0.4) is 0 Å². The van der Waals surface area contributed by atoms with Crippen LogP contribution in [0.2, 0.25) is 0 Å². The van der Waals surface area contributed by atoms with Crippen LogP contribution in [0.5, 0.6) is 0 Å². The molecule has 0 spiro atoms. The summed E-state index contributed by atoms with van der Waals surface area (Å²) >= 11 is 3.24. The molecule has 0 radical (unpaired) electrons. The van der Waals surface area contributed by atoms with Gasteiger partial charge in [-0.2, -0.15) is 28.1 Å². The van der Waals surface area contributed by atoms with E-state index in [1.165, 1.54) is 0 Å². The molecule has 1 N–H and O–H groups in total. The van der Waals surface area contributed by atoms with Gasteiger partial charge in [-0.25, -0.2) is 0 Å². The van der Waals surface area contributed by atoms with Crippen molar-refractivity contribution in [1.29, 1.82) is 0 Å². The highest BCUT2D eigenvalue weighted by molar-refractivity contribution is 7.99. The number of hydrogen-bond donors (Lipinski definition) is 1. The van der Waals surface area contributed by atoms with E-state index in [1.54, 1.807) is 28.0 Å². The van der Waals surface area contributed by atoms with Gasteiger partial charge >= 0.3 is 5.97 Å². The third-order valence-corrected chi connectivity index (χ3v) is 5.53. The Kier molecular flexibility index (Phi) is 5.52. The van der Waals surface area contributed by atoms with Crippen LogP contribution >= 0.6 is 23.1 Å². The summed E-state index contributed by atoms with van der Waals surface area (Å²) in [5.74, 6) is 1.52. The minimum atomic E-state index is -0.877. The zero-order chi connectivity index (χ0) is 16.9. The van der Waals surface area contributed by atoms with Crippen molar-refractivity contribution in [3.05, 3.63) is 22.7 Å². The van der Waals surface area contributed by atoms with E-state index in [4.69, 9.17) is 9.63 Å². The lowest BCUT2D eigenvalue weighted by Gasteiger charge is -2.34. The van der Waals surface area contributed by atoms with E-state index in [2.05, 4.69) is 10.1 Å². The fourth-order valence-electron chi connectivity index (χ4n) is 2.58. The largest absolute Gasteiger partial charge is 0.481 e. The number of carbonyl (C=O) groups is 2. The Morgan fingerprint density at radius 1 is 1.46 bits per heavy atom. The Bertz CT molecular complexity index is 701. The van der Waals surface area contributed by atoms with Gasteiger partial charge in [-0.3, -0.25) is 9.59 Å². The zero-order valence-electron chi connectivity index (χ0n) is 12.9. The summed E-state index contributed by atoms with van der Waals surface area (Å²) in [6.07, 6.45) is 0.590. The molecule has 1 saturated heterocycles. The van der Waals surface area contributed by atoms with Crippen molar-refractivity contribution in [1.82, 2.24) is 15.0 Å². The zero-order valence-corrected chi connectivity index (χ0v) is 14.5. The molecule has 1 aliphatic heterocycles. The van der Waals surface area contributed by atoms with Gasteiger partial charge in [0.15, 0.2) is 0 Å². The molecule has 3 rings (SSSR count). The molecule has 24 heavy (non-hydrogen) atoms. The normalized spacial score (nSPS) is 17.8. The van der Waals surface area contributed by atoms with Crippen LogP contribution in [0.4, 0.5) is 0 Å². The number of rotatable bonds is 6. The predicted molar refractivity (Wildman–Crippen MR) is 91.0 cm³/mol. The van der Waals surface area contributed by atoms with Crippen LogP contribution in [-0.4, -0.2) is 56.1 Å². The van der Waals surface area contributed by atoms with Gasteiger partial charge in [0.1, 0.15) is 0 Å². The highest BCUT2D eigenvalue weighted by atomic mass is 32.2. The predicted octanol–water partition coefficient (Wildman–Crippen LogP) is 2.15. The Balaban J connectivity index is 1.57. The van der Waals surface area contributed by atoms with Gasteiger partial charge in [0.2, 0.25) is 17.6 Å². The van der Waals surface area contributed by atoms with Crippen molar-refractivity contribution in [2.75, 3.05) is 18.1 Å². The number of thiophene rings is 1. The highest BCUT2D eigenvalue weighted by Gasteiger charge is 2.28. The molecule has 0 bridgehead atoms. The molecule has 0 saturated carbocycles. The second-order valence-corrected chi connectivity index (χ2v) is 7.37. The topological polar surface area (TPSA) is 96.5 Å². The lowest BCUT2D eigenvalue weighted by atomic mass is 10.1. The Morgan fingerprint density at radius 3 is 3.08 bits per heavy atom. The third kappa shape index (κ3) is 4.15. The van der Waals surface area contributed by atoms with Crippen molar-refractivity contribution in [2.45, 2.75) is 25.3 Å². The van der Waals surface area contributed by atoms with E-state index >= 15 is 0 Å². The molecule has 128 valence electrons. The van der Waals surface area contributed by atoms with Gasteiger partial charge in [-0.05, 0) is 11.4 Å². The average molecular weight is 367 g/mol. The summed E-state index contributed by atoms with van der Waals surface area (Å²) in [6, 6.07) is 1.67. The summed E-state index contributed by atoms with van der Waals surface area (Å²) in [5, 5.41) is 16.8. The molecule has 2 aromatic rings. The fraction of sp³-hybridized carbons (Fsp3) is 0.467. The van der Waals surface area contributed by atoms with E-state index in [-0.39, 0.29) is 24.8 Å². The smallest absolute Gasteiger partial charge is 0.305 e. The second-order valence-electron chi connectivity index (χ2n) is 5.44. The molecule has 3 heterocycles. The van der Waals surface area contributed by atoms with Crippen molar-refractivity contribution in [3.63, 3.8) is 0 Å². The SMILES string of the molecule is O=C(O)CC1CSCCN1C(=O)CCc1nc(-c2ccsc2)no1. The van der Waals surface area contributed by atoms with Gasteiger partial charge in [-0.15, -0.1) is 0 Å². The molecule has 0 aliphatic carbocycles. The molecule has 7 nitrogen and oxygen atoms in total. The van der Waals surface area contributed by atoms with Crippen LogP contribution in [0.1, 0.15) is 18.7 Å². The molecule has 1 amide bonds. The number of amides is 1. The maximum absolute atomic E-state index is 12.4. The van der Waals surface area contributed by atoms with Crippen LogP contribution in [0, 0.1) is 0 Å². The fourth-order valence-corrected chi connectivity index (χ4v) is 4.27. The van der Waals surface area contributed by atoms with E-state index < -0.39 is 5.97 Å². The van der Waals surface area contributed by atoms with Crippen LogP contribution in [-0.2, 0) is 16.0 Å². The molecule has 0 aromatic carbocycles. The molecule has 1 aliphatic rings. The first-order chi connectivity index (χ1) is 11.6. The maximum Gasteiger partial charge on any atom is 0.305 e. The van der Waals surface area contributed by atoms with Gasteiger partial charge in [0.05, 0.1) is 12.5 Å². The van der Waals surface area contributed by atoms with E-state index in [9.17, 15) is 9.59 Å². The second kappa shape index (κ2) is 7.80. The summed E-state index contributed by atoms with van der Waals surface area (Å²) in [5.41, 5.74) is 0.899. The monoisotopic (exact) mass is 367 g/mol. The van der Waals surface area contributed by atoms with E-state index in [0.29, 0.717) is 30.4 Å². The first-order valence-electron chi connectivity index (χ1n) is 7.57. The van der Waals surface area contributed by atoms with Gasteiger partial charge in [-0.1, -0.05) is 5.16 Å². The molecular weight excluding hydrogens is 350 g/mol. The average Bonchev–Trinajstić information content (AvgIpc) is 3.24. The van der Waals surface area contributed by atoms with E-state index in [1.807, 2.05) is 16.8 Å². The number of carbonyl (C=O) groups excluding carboxylic acids is 1. The summed E-state index contributed by atoms with van der Waals surface area (Å²) in [6.45, 7) is 0.589. The lowest BCUT2D eigenvalue weighted by molar-refractivity contribution is -0.140. The summed E-state index contributed by atoms with van der Waals surface area (Å²) in [7, 11) is 0. The van der Waals surface area contributed by atoms with E-state index in [0.717, 1.165) is 11.3 Å². The molecule has 2 aromatic heterocycles. The first-order valence-corrected chi connectivity index (χ1v) is 9.67. The standard InChI is InChI=1S/C15H17N3O4S2/c19-13(18-4-6-24-9-11(18)7-14(20)21)2-1-12-16-15(17-22-12)10-3-5-23-8-10/h3,5,8,11H,1-2,4,6-7,9H2,(H,20,21). The lowest BCUT2D eigenvalue weighted by Crippen LogP contribution is -2.47. The number of hydrogen-bond acceptors (Lipinski definition) is 7. The Labute approximate surface area is 147 Å². The molecule has 1 atom stereocenters. The Morgan fingerprint density at radius 2 is 2.33 bits per heavy atom. The minimum Gasteiger partial charge on any atom is -0.481 e. The molecule has 1 fully saturated rings. The third-order valence-electron chi connectivity index (χ3n) is 3.76. The number of carboxylic acid groups (broad SMARTS) is 1. The number of aromatic nitrogens is 2. The Hall–Kier alpha value is -1.87. The van der Waals surface area contributed by atoms with Crippen molar-refractivity contribution < 1.29 is 19.2 Å². The van der Waals surface area contributed by atoms with Crippen molar-refractivity contribution >= 4 is 35.0 Å². The number of nitrogens with zero attached hydrogens (tertiary/aromatic N) is 3. The maximum atomic E-state index is 12.4. The van der Waals surface area contributed by atoms with Gasteiger partial charge < -0.3 is 14.5 Å². The number of aliphatic carboxylic acids is 1. The van der Waals surface area contributed by atoms with Crippen molar-refractivity contribution in [3.8, 4) is 11.4 Å². The van der Waals surface area contributed by atoms with Gasteiger partial charge in [0, 0.05) is 41.8 Å². The van der Waals surface area contributed by atoms with Gasteiger partial charge in [0.25, 0.3) is 0 Å². The first kappa shape index (κ1) is 17.0. The van der Waals surface area contributed by atoms with Crippen molar-refractivity contribution in [2.24, 2.45) is 0 Å². The molecule has 1 unspecified atom stereocenters. The van der Waals surface area contributed by atoms with Crippen LogP contribution in [0.15, 0.2) is 21.3 Å². The highest BCUT2D eigenvalue weighted by Crippen LogP contribution is 2.21. The minimum absolute atomic E-state index is 0.0123. The number of aryl methyl sites for hydroxylation is 1. The summed E-state index contributed by atoms with van der Waals surface area (Å²) < 4.78 is 5.19. The molecular formula is C15H17N3O4S2. The summed E-state index contributed by atoms with van der Waals surface area (Å²) in [4.78, 5) is 29.4. The number of thioether (sulfide) groups is 1. The number of carboxylic acids is 1. The van der Waals surface area contributed by atoms with Crippen LogP contribution in [0.25, 0.3) is 11.4 Å². The quantitative estimate of drug-likeness (QED) is 0.835.